The van der Waals surface area contributed by atoms with Crippen LogP contribution in [0.3, 0.4) is 0 Å². The highest BCUT2D eigenvalue weighted by molar-refractivity contribution is 5.93. The van der Waals surface area contributed by atoms with Gasteiger partial charge in [-0.3, -0.25) is 19.7 Å². The van der Waals surface area contributed by atoms with Crippen LogP contribution in [0.2, 0.25) is 0 Å². The highest BCUT2D eigenvalue weighted by Crippen LogP contribution is 2.25. The van der Waals surface area contributed by atoms with Gasteiger partial charge in [-0.05, 0) is 18.9 Å². The van der Waals surface area contributed by atoms with Gasteiger partial charge in [0.25, 0.3) is 5.69 Å². The summed E-state index contributed by atoms with van der Waals surface area (Å²) >= 11 is 0. The molecule has 1 aliphatic carbocycles. The van der Waals surface area contributed by atoms with Crippen molar-refractivity contribution in [1.82, 2.24) is 0 Å². The summed E-state index contributed by atoms with van der Waals surface area (Å²) in [5.74, 6) is -1.51. The number of carbonyl (C=O) groups excluding carboxylic acids is 1. The molecule has 8 nitrogen and oxygen atoms in total. The molecule has 1 amide bonds. The third-order valence-corrected chi connectivity index (χ3v) is 3.51. The minimum atomic E-state index is -0.905. The fourth-order valence-electron chi connectivity index (χ4n) is 2.17. The Hall–Kier alpha value is -2.19. The van der Waals surface area contributed by atoms with Crippen LogP contribution < -0.4 is 11.5 Å². The van der Waals surface area contributed by atoms with Gasteiger partial charge in [0.2, 0.25) is 5.91 Å². The lowest BCUT2D eigenvalue weighted by atomic mass is 9.83. The predicted molar refractivity (Wildman–Crippen MR) is 86.5 cm³/mol. The highest BCUT2D eigenvalue weighted by atomic mass is 35.5. The maximum absolute atomic E-state index is 10.6. The van der Waals surface area contributed by atoms with Gasteiger partial charge in [0, 0.05) is 17.7 Å². The molecule has 0 saturated heterocycles. The van der Waals surface area contributed by atoms with Crippen molar-refractivity contribution in [3.8, 4) is 0 Å². The van der Waals surface area contributed by atoms with Crippen LogP contribution in [0, 0.1) is 10.1 Å². The first kappa shape index (κ1) is 20.8. The molecule has 5 N–H and O–H groups in total. The molecule has 0 spiro atoms. The number of halogens is 1. The smallest absolute Gasteiger partial charge is 0.323 e. The van der Waals surface area contributed by atoms with Crippen molar-refractivity contribution in [2.45, 2.75) is 37.6 Å². The van der Waals surface area contributed by atoms with Gasteiger partial charge in [0.05, 0.1) is 4.92 Å². The molecule has 1 saturated carbocycles. The molecule has 0 radical (unpaired) electrons. The molecular formula is C14H20ClN3O5. The summed E-state index contributed by atoms with van der Waals surface area (Å²) < 4.78 is 0. The number of benzene rings is 1. The Labute approximate surface area is 139 Å². The molecule has 128 valence electrons. The van der Waals surface area contributed by atoms with Crippen molar-refractivity contribution >= 4 is 30.0 Å². The number of amides is 1. The number of hydrogen-bond donors (Lipinski definition) is 3. The molecule has 0 bridgehead atoms. The summed E-state index contributed by atoms with van der Waals surface area (Å²) in [7, 11) is 0. The number of nitro groups is 1. The van der Waals surface area contributed by atoms with Crippen molar-refractivity contribution in [2.24, 2.45) is 11.5 Å². The third-order valence-electron chi connectivity index (χ3n) is 3.51. The average Bonchev–Trinajstić information content (AvgIpc) is 2.48. The van der Waals surface area contributed by atoms with E-state index in [0.717, 1.165) is 25.3 Å². The SMILES string of the molecule is Cl.NC(=O)c1cccc([N+](=O)[O-])c1.NC1(C(=O)O)CCCCC1. The molecule has 23 heavy (non-hydrogen) atoms. The maximum Gasteiger partial charge on any atom is 0.323 e. The zero-order valence-corrected chi connectivity index (χ0v) is 13.3. The Kier molecular flexibility index (Phi) is 8.20. The van der Waals surface area contributed by atoms with Crippen LogP contribution in [-0.2, 0) is 4.79 Å². The highest BCUT2D eigenvalue weighted by Gasteiger charge is 2.34. The molecule has 0 aliphatic heterocycles. The van der Waals surface area contributed by atoms with Crippen molar-refractivity contribution in [3.63, 3.8) is 0 Å². The molecule has 0 unspecified atom stereocenters. The minimum Gasteiger partial charge on any atom is -0.480 e. The number of rotatable bonds is 3. The van der Waals surface area contributed by atoms with E-state index in [4.69, 9.17) is 16.6 Å². The fraction of sp³-hybridized carbons (Fsp3) is 0.429. The minimum absolute atomic E-state index is 0. The summed E-state index contributed by atoms with van der Waals surface area (Å²) in [6.07, 6.45) is 4.34. The number of nitrogens with zero attached hydrogens (tertiary/aromatic N) is 1. The first-order valence-corrected chi connectivity index (χ1v) is 6.83. The third kappa shape index (κ3) is 6.21. The summed E-state index contributed by atoms with van der Waals surface area (Å²) in [5, 5.41) is 18.9. The van der Waals surface area contributed by atoms with Crippen LogP contribution in [0.15, 0.2) is 24.3 Å². The summed E-state index contributed by atoms with van der Waals surface area (Å²) in [4.78, 5) is 30.8. The topological polar surface area (TPSA) is 150 Å². The molecule has 1 fully saturated rings. The maximum atomic E-state index is 10.6. The largest absolute Gasteiger partial charge is 0.480 e. The molecule has 9 heteroatoms. The molecule has 1 aromatic rings. The number of carbonyl (C=O) groups is 2. The number of carboxylic acid groups (broad SMARTS) is 1. The average molecular weight is 346 g/mol. The lowest BCUT2D eigenvalue weighted by Crippen LogP contribution is -2.49. The zero-order valence-electron chi connectivity index (χ0n) is 12.4. The van der Waals surface area contributed by atoms with Gasteiger partial charge < -0.3 is 16.6 Å². The monoisotopic (exact) mass is 345 g/mol. The van der Waals surface area contributed by atoms with E-state index in [1.807, 2.05) is 0 Å². The van der Waals surface area contributed by atoms with Gasteiger partial charge in [-0.2, -0.15) is 0 Å². The van der Waals surface area contributed by atoms with E-state index in [0.29, 0.717) is 12.8 Å². The number of nitrogens with two attached hydrogens (primary N) is 2. The van der Waals surface area contributed by atoms with Gasteiger partial charge in [0.1, 0.15) is 5.54 Å². The van der Waals surface area contributed by atoms with Gasteiger partial charge in [-0.25, -0.2) is 0 Å². The van der Waals surface area contributed by atoms with E-state index in [9.17, 15) is 19.7 Å². The van der Waals surface area contributed by atoms with Crippen molar-refractivity contribution in [2.75, 3.05) is 0 Å². The summed E-state index contributed by atoms with van der Waals surface area (Å²) in [6, 6.07) is 5.28. The second-order valence-electron chi connectivity index (χ2n) is 5.19. The van der Waals surface area contributed by atoms with E-state index in [-0.39, 0.29) is 23.7 Å². The molecule has 0 heterocycles. The molecule has 1 aromatic carbocycles. The number of non-ortho nitro benzene ring substituents is 1. The standard InChI is InChI=1S/C7H6N2O3.C7H13NO2.ClH/c8-7(10)5-2-1-3-6(4-5)9(11)12;8-7(6(9)10)4-2-1-3-5-7;/h1-4H,(H2,8,10);1-5,8H2,(H,9,10);1H. The van der Waals surface area contributed by atoms with Gasteiger partial charge in [-0.1, -0.05) is 25.3 Å². The number of nitro benzene ring substituents is 1. The quantitative estimate of drug-likeness (QED) is 0.562. The van der Waals surface area contributed by atoms with Gasteiger partial charge in [-0.15, -0.1) is 12.4 Å². The zero-order chi connectivity index (χ0) is 16.8. The normalized spacial score (nSPS) is 15.3. The van der Waals surface area contributed by atoms with E-state index in [1.54, 1.807) is 0 Å². The molecular weight excluding hydrogens is 326 g/mol. The molecule has 0 aromatic heterocycles. The first-order valence-electron chi connectivity index (χ1n) is 6.83. The summed E-state index contributed by atoms with van der Waals surface area (Å²) in [6.45, 7) is 0. The van der Waals surface area contributed by atoms with E-state index < -0.39 is 22.3 Å². The molecule has 2 rings (SSSR count). The van der Waals surface area contributed by atoms with Gasteiger partial charge >= 0.3 is 5.97 Å². The van der Waals surface area contributed by atoms with Crippen molar-refractivity contribution < 1.29 is 19.6 Å². The van der Waals surface area contributed by atoms with Crippen molar-refractivity contribution in [3.05, 3.63) is 39.9 Å². The Balaban J connectivity index is 0.000000409. The van der Waals surface area contributed by atoms with Crippen LogP contribution in [0.25, 0.3) is 0 Å². The van der Waals surface area contributed by atoms with Gasteiger partial charge in [0.15, 0.2) is 0 Å². The van der Waals surface area contributed by atoms with E-state index in [1.165, 1.54) is 18.2 Å². The van der Waals surface area contributed by atoms with Crippen molar-refractivity contribution in [1.29, 1.82) is 0 Å². The predicted octanol–water partition coefficient (Wildman–Crippen LogP) is 1.85. The number of hydrogen-bond acceptors (Lipinski definition) is 5. The second kappa shape index (κ2) is 9.06. The number of carboxylic acids is 1. The van der Waals surface area contributed by atoms with E-state index >= 15 is 0 Å². The molecule has 0 atom stereocenters. The van der Waals surface area contributed by atoms with Crippen LogP contribution in [0.5, 0.6) is 0 Å². The summed E-state index contributed by atoms with van der Waals surface area (Å²) in [5.41, 5.74) is 9.63. The van der Waals surface area contributed by atoms with Crippen LogP contribution >= 0.6 is 12.4 Å². The number of primary amides is 1. The second-order valence-corrected chi connectivity index (χ2v) is 5.19. The molecule has 1 aliphatic rings. The van der Waals surface area contributed by atoms with Crippen LogP contribution in [0.4, 0.5) is 5.69 Å². The Morgan fingerprint density at radius 3 is 2.17 bits per heavy atom. The first-order chi connectivity index (χ1) is 10.3. The lowest BCUT2D eigenvalue weighted by Gasteiger charge is -2.28. The lowest BCUT2D eigenvalue weighted by molar-refractivity contribution is -0.384. The Bertz CT molecular complexity index is 544. The fourth-order valence-corrected chi connectivity index (χ4v) is 2.17. The van der Waals surface area contributed by atoms with E-state index in [2.05, 4.69) is 0 Å². The Morgan fingerprint density at radius 2 is 1.78 bits per heavy atom. The van der Waals surface area contributed by atoms with Crippen LogP contribution in [0.1, 0.15) is 42.5 Å². The number of aliphatic carboxylic acids is 1. The Morgan fingerprint density at radius 1 is 1.22 bits per heavy atom. The van der Waals surface area contributed by atoms with Crippen LogP contribution in [-0.4, -0.2) is 27.4 Å².